The smallest absolute Gasteiger partial charge is 0.227 e. The number of nitrogens with zero attached hydrogens (tertiary/aromatic N) is 3. The van der Waals surface area contributed by atoms with Crippen LogP contribution >= 0.6 is 0 Å². The van der Waals surface area contributed by atoms with Crippen LogP contribution in [0.25, 0.3) is 5.69 Å². The highest BCUT2D eigenvalue weighted by Gasteiger charge is 2.33. The number of nitrogens with two attached hydrogens (primary N) is 1. The molecular formula is C24H26N4O3. The number of hydrogen-bond acceptors (Lipinski definition) is 5. The van der Waals surface area contributed by atoms with Crippen molar-refractivity contribution in [3.05, 3.63) is 71.4 Å². The summed E-state index contributed by atoms with van der Waals surface area (Å²) in [7, 11) is 1.60. The monoisotopic (exact) mass is 418 g/mol. The number of rotatable bonds is 6. The van der Waals surface area contributed by atoms with E-state index in [0.717, 1.165) is 22.6 Å². The number of hydrogen-bond donors (Lipinski definition) is 1. The fourth-order valence-corrected chi connectivity index (χ4v) is 3.93. The average molecular weight is 418 g/mol. The maximum absolute atomic E-state index is 13.1. The van der Waals surface area contributed by atoms with Gasteiger partial charge in [-0.1, -0.05) is 29.8 Å². The van der Waals surface area contributed by atoms with E-state index in [1.165, 1.54) is 6.20 Å². The molecule has 0 aliphatic carbocycles. The lowest BCUT2D eigenvalue weighted by atomic mass is 9.98. The number of aryl methyl sites for hydroxylation is 1. The molecule has 1 saturated heterocycles. The number of benzene rings is 2. The van der Waals surface area contributed by atoms with Gasteiger partial charge in [0.2, 0.25) is 5.91 Å². The maximum atomic E-state index is 13.1. The van der Waals surface area contributed by atoms with E-state index in [2.05, 4.69) is 5.10 Å². The quantitative estimate of drug-likeness (QED) is 0.622. The number of carbonyl (C=O) groups excluding carboxylic acids is 2. The van der Waals surface area contributed by atoms with Crippen LogP contribution in [0, 0.1) is 12.8 Å². The summed E-state index contributed by atoms with van der Waals surface area (Å²) in [6.07, 6.45) is 2.43. The van der Waals surface area contributed by atoms with Crippen LogP contribution in [0.3, 0.4) is 0 Å². The average Bonchev–Trinajstić information content (AvgIpc) is 3.41. The van der Waals surface area contributed by atoms with Crippen LogP contribution in [-0.4, -0.2) is 46.6 Å². The van der Waals surface area contributed by atoms with Crippen molar-refractivity contribution in [2.75, 3.05) is 25.9 Å². The molecule has 3 aromatic rings. The molecule has 1 amide bonds. The second-order valence-corrected chi connectivity index (χ2v) is 7.91. The van der Waals surface area contributed by atoms with Crippen LogP contribution in [-0.2, 0) is 11.2 Å². The number of likely N-dealkylation sites (tertiary alicyclic amines) is 1. The molecule has 0 saturated carbocycles. The Kier molecular flexibility index (Phi) is 5.75. The standard InChI is InChI=1S/C24H26N4O3/c1-16-6-8-19(9-7-16)28-24(25)21(14-26-28)23(30)18-10-11-27(15-18)22(29)13-17-4-3-5-20(12-17)31-2/h3-9,12,14,18H,10-11,13,15,25H2,1-2H3/t18-/m1/s1. The van der Waals surface area contributed by atoms with E-state index in [1.807, 2.05) is 55.5 Å². The van der Waals surface area contributed by atoms with E-state index >= 15 is 0 Å². The van der Waals surface area contributed by atoms with E-state index in [1.54, 1.807) is 16.7 Å². The molecule has 7 heteroatoms. The second-order valence-electron chi connectivity index (χ2n) is 7.91. The van der Waals surface area contributed by atoms with E-state index < -0.39 is 0 Å². The first kappa shape index (κ1) is 20.7. The minimum atomic E-state index is -0.271. The molecule has 2 aromatic carbocycles. The molecule has 0 bridgehead atoms. The van der Waals surface area contributed by atoms with Crippen LogP contribution in [0.15, 0.2) is 54.7 Å². The molecule has 0 unspecified atom stereocenters. The number of ketones is 1. The normalized spacial score (nSPS) is 15.8. The summed E-state index contributed by atoms with van der Waals surface area (Å²) in [6.45, 7) is 2.97. The first-order chi connectivity index (χ1) is 15.0. The second kappa shape index (κ2) is 8.63. The third kappa shape index (κ3) is 4.30. The highest BCUT2D eigenvalue weighted by molar-refractivity contribution is 6.02. The minimum Gasteiger partial charge on any atom is -0.497 e. The van der Waals surface area contributed by atoms with Crippen LogP contribution in [0.5, 0.6) is 5.75 Å². The van der Waals surface area contributed by atoms with E-state index in [-0.39, 0.29) is 24.0 Å². The molecule has 31 heavy (non-hydrogen) atoms. The summed E-state index contributed by atoms with van der Waals surface area (Å²) in [5.41, 5.74) is 9.50. The molecule has 1 aromatic heterocycles. The minimum absolute atomic E-state index is 0.00637. The Labute approximate surface area is 181 Å². The first-order valence-corrected chi connectivity index (χ1v) is 10.3. The zero-order chi connectivity index (χ0) is 22.0. The first-order valence-electron chi connectivity index (χ1n) is 10.3. The van der Waals surface area contributed by atoms with Crippen LogP contribution < -0.4 is 10.5 Å². The molecule has 2 N–H and O–H groups in total. The Morgan fingerprint density at radius 1 is 1.19 bits per heavy atom. The fourth-order valence-electron chi connectivity index (χ4n) is 3.93. The van der Waals surface area contributed by atoms with Gasteiger partial charge in [-0.15, -0.1) is 0 Å². The molecule has 2 heterocycles. The number of ether oxygens (including phenoxy) is 1. The summed E-state index contributed by atoms with van der Waals surface area (Å²) in [4.78, 5) is 27.6. The number of Topliss-reactive ketones (excluding diaryl/α,β-unsaturated/α-hetero) is 1. The molecule has 7 nitrogen and oxygen atoms in total. The predicted octanol–water partition coefficient (Wildman–Crippen LogP) is 3.05. The topological polar surface area (TPSA) is 90.5 Å². The number of anilines is 1. The van der Waals surface area contributed by atoms with E-state index in [9.17, 15) is 9.59 Å². The summed E-state index contributed by atoms with van der Waals surface area (Å²) >= 11 is 0. The SMILES string of the molecule is COc1cccc(CC(=O)N2CC[C@@H](C(=O)c3cnn(-c4ccc(C)cc4)c3N)C2)c1. The highest BCUT2D eigenvalue weighted by atomic mass is 16.5. The fraction of sp³-hybridized carbons (Fsp3) is 0.292. The molecule has 1 fully saturated rings. The van der Waals surface area contributed by atoms with Crippen LogP contribution in [0.1, 0.15) is 27.9 Å². The molecule has 4 rings (SSSR count). The zero-order valence-corrected chi connectivity index (χ0v) is 17.7. The Morgan fingerprint density at radius 3 is 2.71 bits per heavy atom. The molecule has 1 aliphatic rings. The van der Waals surface area contributed by atoms with Crippen molar-refractivity contribution in [1.82, 2.24) is 14.7 Å². The van der Waals surface area contributed by atoms with E-state index in [4.69, 9.17) is 10.5 Å². The molecule has 0 spiro atoms. The Bertz CT molecular complexity index is 1100. The number of methoxy groups -OCH3 is 1. The number of carbonyl (C=O) groups is 2. The van der Waals surface area contributed by atoms with Crippen LogP contribution in [0.4, 0.5) is 5.82 Å². The molecular weight excluding hydrogens is 392 g/mol. The van der Waals surface area contributed by atoms with Crippen molar-refractivity contribution in [3.8, 4) is 11.4 Å². The van der Waals surface area contributed by atoms with Crippen LogP contribution in [0.2, 0.25) is 0 Å². The van der Waals surface area contributed by atoms with Gasteiger partial charge in [0.05, 0.1) is 31.0 Å². The van der Waals surface area contributed by atoms with Gasteiger partial charge in [-0.2, -0.15) is 5.10 Å². The van der Waals surface area contributed by atoms with Gasteiger partial charge in [-0.3, -0.25) is 9.59 Å². The Hall–Kier alpha value is -3.61. The molecule has 1 atom stereocenters. The third-order valence-corrected chi connectivity index (χ3v) is 5.75. The number of amides is 1. The van der Waals surface area contributed by atoms with Gasteiger partial charge >= 0.3 is 0 Å². The van der Waals surface area contributed by atoms with Gasteiger partial charge in [0.15, 0.2) is 5.78 Å². The molecule has 0 radical (unpaired) electrons. The summed E-state index contributed by atoms with van der Waals surface area (Å²) in [6, 6.07) is 15.3. The third-order valence-electron chi connectivity index (χ3n) is 5.75. The summed E-state index contributed by atoms with van der Waals surface area (Å²) < 4.78 is 6.80. The zero-order valence-electron chi connectivity index (χ0n) is 17.7. The molecule has 1 aliphatic heterocycles. The number of nitrogen functional groups attached to an aromatic ring is 1. The van der Waals surface area contributed by atoms with Crippen molar-refractivity contribution >= 4 is 17.5 Å². The van der Waals surface area contributed by atoms with Crippen molar-refractivity contribution < 1.29 is 14.3 Å². The van der Waals surface area contributed by atoms with Gasteiger partial charge in [0, 0.05) is 19.0 Å². The van der Waals surface area contributed by atoms with Gasteiger partial charge in [0.25, 0.3) is 0 Å². The van der Waals surface area contributed by atoms with Crippen molar-refractivity contribution in [2.45, 2.75) is 19.8 Å². The van der Waals surface area contributed by atoms with Crippen molar-refractivity contribution in [2.24, 2.45) is 5.92 Å². The van der Waals surface area contributed by atoms with Gasteiger partial charge in [0.1, 0.15) is 11.6 Å². The van der Waals surface area contributed by atoms with Gasteiger partial charge in [-0.05, 0) is 43.2 Å². The predicted molar refractivity (Wildman–Crippen MR) is 118 cm³/mol. The van der Waals surface area contributed by atoms with Crippen molar-refractivity contribution in [1.29, 1.82) is 0 Å². The largest absolute Gasteiger partial charge is 0.497 e. The lowest BCUT2D eigenvalue weighted by Gasteiger charge is -2.16. The van der Waals surface area contributed by atoms with E-state index in [0.29, 0.717) is 30.9 Å². The lowest BCUT2D eigenvalue weighted by molar-refractivity contribution is -0.129. The Morgan fingerprint density at radius 2 is 1.97 bits per heavy atom. The summed E-state index contributed by atoms with van der Waals surface area (Å²) in [5.74, 6) is 0.725. The Balaban J connectivity index is 1.42. The lowest BCUT2D eigenvalue weighted by Crippen LogP contribution is -2.31. The van der Waals surface area contributed by atoms with Gasteiger partial charge in [-0.25, -0.2) is 4.68 Å². The number of aromatic nitrogens is 2. The van der Waals surface area contributed by atoms with Gasteiger partial charge < -0.3 is 15.4 Å². The highest BCUT2D eigenvalue weighted by Crippen LogP contribution is 2.26. The maximum Gasteiger partial charge on any atom is 0.227 e. The van der Waals surface area contributed by atoms with Crippen molar-refractivity contribution in [3.63, 3.8) is 0 Å². The summed E-state index contributed by atoms with van der Waals surface area (Å²) in [5, 5.41) is 4.31. The molecule has 160 valence electrons.